The van der Waals surface area contributed by atoms with Crippen molar-refractivity contribution in [2.24, 2.45) is 5.92 Å². The zero-order chi connectivity index (χ0) is 16.0. The molecule has 0 aliphatic carbocycles. The first-order valence-corrected chi connectivity index (χ1v) is 6.73. The van der Waals surface area contributed by atoms with Crippen molar-refractivity contribution in [2.75, 3.05) is 32.1 Å². The lowest BCUT2D eigenvalue weighted by Gasteiger charge is -2.28. The summed E-state index contributed by atoms with van der Waals surface area (Å²) in [5, 5.41) is 8.95. The van der Waals surface area contributed by atoms with Crippen LogP contribution in [0.1, 0.15) is 13.8 Å². The molecular weight excluding hydrogens is 272 g/mol. The number of hydrogen-bond donors (Lipinski definition) is 1. The van der Waals surface area contributed by atoms with E-state index in [1.54, 1.807) is 38.4 Å². The molecule has 1 aromatic rings. The number of nitrogens with zero attached hydrogens (tertiary/aromatic N) is 2. The van der Waals surface area contributed by atoms with E-state index >= 15 is 0 Å². The Labute approximate surface area is 124 Å². The summed E-state index contributed by atoms with van der Waals surface area (Å²) < 4.78 is 5.13. The van der Waals surface area contributed by atoms with Gasteiger partial charge in [0.15, 0.2) is 0 Å². The molecule has 0 saturated carbocycles. The van der Waals surface area contributed by atoms with Crippen molar-refractivity contribution in [3.63, 3.8) is 0 Å². The second-order valence-electron chi connectivity index (χ2n) is 5.21. The van der Waals surface area contributed by atoms with Gasteiger partial charge in [0.2, 0.25) is 0 Å². The zero-order valence-corrected chi connectivity index (χ0v) is 12.9. The van der Waals surface area contributed by atoms with E-state index in [9.17, 15) is 9.59 Å². The highest BCUT2D eigenvalue weighted by Crippen LogP contribution is 2.21. The summed E-state index contributed by atoms with van der Waals surface area (Å²) in [6.45, 7) is 3.95. The van der Waals surface area contributed by atoms with Crippen LogP contribution in [0.3, 0.4) is 0 Å². The topological polar surface area (TPSA) is 70.1 Å². The van der Waals surface area contributed by atoms with Gasteiger partial charge in [-0.15, -0.1) is 0 Å². The van der Waals surface area contributed by atoms with Crippen LogP contribution in [0.25, 0.3) is 0 Å². The van der Waals surface area contributed by atoms with Crippen LogP contribution >= 0.6 is 0 Å². The number of hydrogen-bond acceptors (Lipinski definition) is 3. The van der Waals surface area contributed by atoms with E-state index in [4.69, 9.17) is 9.84 Å². The van der Waals surface area contributed by atoms with Gasteiger partial charge in [0.05, 0.1) is 7.11 Å². The zero-order valence-electron chi connectivity index (χ0n) is 12.9. The number of anilines is 1. The summed E-state index contributed by atoms with van der Waals surface area (Å²) >= 11 is 0. The average molecular weight is 294 g/mol. The Balaban J connectivity index is 2.92. The van der Waals surface area contributed by atoms with E-state index in [1.807, 2.05) is 13.8 Å². The third-order valence-corrected chi connectivity index (χ3v) is 2.91. The number of aliphatic carboxylic acids is 1. The minimum Gasteiger partial charge on any atom is -0.497 e. The summed E-state index contributed by atoms with van der Waals surface area (Å²) in [6, 6.07) is 6.72. The Kier molecular flexibility index (Phi) is 6.02. The van der Waals surface area contributed by atoms with Gasteiger partial charge in [0.1, 0.15) is 12.3 Å². The minimum absolute atomic E-state index is 0.187. The second-order valence-corrected chi connectivity index (χ2v) is 5.21. The molecule has 21 heavy (non-hydrogen) atoms. The van der Waals surface area contributed by atoms with Gasteiger partial charge < -0.3 is 14.7 Å². The molecule has 0 fully saturated rings. The van der Waals surface area contributed by atoms with Gasteiger partial charge in [-0.05, 0) is 18.1 Å². The van der Waals surface area contributed by atoms with Crippen LogP contribution in [0.5, 0.6) is 5.75 Å². The number of urea groups is 1. The number of carboxylic acids is 1. The van der Waals surface area contributed by atoms with Crippen molar-refractivity contribution in [3.8, 4) is 5.75 Å². The monoisotopic (exact) mass is 294 g/mol. The van der Waals surface area contributed by atoms with Gasteiger partial charge >= 0.3 is 12.0 Å². The third-order valence-electron chi connectivity index (χ3n) is 2.91. The summed E-state index contributed by atoms with van der Waals surface area (Å²) in [6.07, 6.45) is 0. The van der Waals surface area contributed by atoms with Crippen molar-refractivity contribution in [3.05, 3.63) is 24.3 Å². The number of methoxy groups -OCH3 is 1. The number of amides is 2. The fourth-order valence-corrected chi connectivity index (χ4v) is 1.96. The molecule has 0 aliphatic heterocycles. The lowest BCUT2D eigenvalue weighted by Crippen LogP contribution is -2.45. The van der Waals surface area contributed by atoms with Gasteiger partial charge in [-0.2, -0.15) is 0 Å². The molecule has 6 nitrogen and oxygen atoms in total. The number of benzene rings is 1. The number of carbonyl (C=O) groups is 2. The average Bonchev–Trinajstić information content (AvgIpc) is 2.44. The van der Waals surface area contributed by atoms with E-state index in [0.717, 1.165) is 0 Å². The molecule has 2 amide bonds. The van der Waals surface area contributed by atoms with Crippen LogP contribution in [0, 0.1) is 5.92 Å². The molecule has 0 unspecified atom stereocenters. The minimum atomic E-state index is -1.02. The highest BCUT2D eigenvalue weighted by molar-refractivity contribution is 5.93. The first-order chi connectivity index (χ1) is 9.85. The standard InChI is InChI=1S/C15H22N2O4/c1-11(2)9-17(10-14(18)19)15(20)16(3)12-6-5-7-13(8-12)21-4/h5-8,11H,9-10H2,1-4H3,(H,18,19). The number of ether oxygens (including phenoxy) is 1. The van der Waals surface area contributed by atoms with Crippen molar-refractivity contribution >= 4 is 17.7 Å². The molecule has 1 N–H and O–H groups in total. The normalized spacial score (nSPS) is 10.3. The summed E-state index contributed by atoms with van der Waals surface area (Å²) in [5.41, 5.74) is 0.651. The van der Waals surface area contributed by atoms with Gasteiger partial charge in [-0.25, -0.2) is 4.79 Å². The molecule has 0 atom stereocenters. The van der Waals surface area contributed by atoms with E-state index in [0.29, 0.717) is 18.0 Å². The maximum atomic E-state index is 12.5. The van der Waals surface area contributed by atoms with Crippen LogP contribution in [-0.4, -0.2) is 49.3 Å². The largest absolute Gasteiger partial charge is 0.497 e. The third kappa shape index (κ3) is 4.98. The van der Waals surface area contributed by atoms with Crippen molar-refractivity contribution in [1.29, 1.82) is 0 Å². The van der Waals surface area contributed by atoms with E-state index in [2.05, 4.69) is 0 Å². The number of carboxylic acid groups (broad SMARTS) is 1. The molecule has 0 aliphatic rings. The summed E-state index contributed by atoms with van der Waals surface area (Å²) in [5.74, 6) is -0.198. The number of rotatable bonds is 6. The van der Waals surface area contributed by atoms with Crippen molar-refractivity contribution in [1.82, 2.24) is 4.90 Å². The van der Waals surface area contributed by atoms with Crippen molar-refractivity contribution < 1.29 is 19.4 Å². The van der Waals surface area contributed by atoms with Gasteiger partial charge in [0, 0.05) is 25.3 Å². The second kappa shape index (κ2) is 7.52. The highest BCUT2D eigenvalue weighted by atomic mass is 16.5. The molecule has 0 radical (unpaired) electrons. The van der Waals surface area contributed by atoms with Gasteiger partial charge in [0.25, 0.3) is 0 Å². The molecule has 1 aromatic carbocycles. The van der Waals surface area contributed by atoms with E-state index in [1.165, 1.54) is 9.80 Å². The smallest absolute Gasteiger partial charge is 0.324 e. The maximum absolute atomic E-state index is 12.5. The molecule has 0 spiro atoms. The Hall–Kier alpha value is -2.24. The lowest BCUT2D eigenvalue weighted by molar-refractivity contribution is -0.137. The molecule has 0 aromatic heterocycles. The highest BCUT2D eigenvalue weighted by Gasteiger charge is 2.22. The lowest BCUT2D eigenvalue weighted by atomic mass is 10.2. The maximum Gasteiger partial charge on any atom is 0.324 e. The predicted molar refractivity (Wildman–Crippen MR) is 80.8 cm³/mol. The van der Waals surface area contributed by atoms with E-state index < -0.39 is 5.97 Å². The quantitative estimate of drug-likeness (QED) is 0.874. The molecule has 0 bridgehead atoms. The van der Waals surface area contributed by atoms with Crippen LogP contribution in [0.4, 0.5) is 10.5 Å². The molecule has 116 valence electrons. The summed E-state index contributed by atoms with van der Waals surface area (Å²) in [4.78, 5) is 26.1. The molecule has 6 heteroatoms. The first kappa shape index (κ1) is 16.8. The molecule has 1 rings (SSSR count). The van der Waals surface area contributed by atoms with Crippen LogP contribution in [-0.2, 0) is 4.79 Å². The first-order valence-electron chi connectivity index (χ1n) is 6.73. The number of carbonyl (C=O) groups excluding carboxylic acids is 1. The van der Waals surface area contributed by atoms with Crippen LogP contribution in [0.15, 0.2) is 24.3 Å². The fraction of sp³-hybridized carbons (Fsp3) is 0.467. The van der Waals surface area contributed by atoms with Crippen molar-refractivity contribution in [2.45, 2.75) is 13.8 Å². The SMILES string of the molecule is COc1cccc(N(C)C(=O)N(CC(=O)O)CC(C)C)c1. The van der Waals surface area contributed by atoms with Gasteiger partial charge in [-0.1, -0.05) is 19.9 Å². The predicted octanol–water partition coefficient (Wildman–Crippen LogP) is 2.29. The molecule has 0 saturated heterocycles. The summed E-state index contributed by atoms with van der Waals surface area (Å²) in [7, 11) is 3.17. The van der Waals surface area contributed by atoms with Crippen LogP contribution < -0.4 is 9.64 Å². The Morgan fingerprint density at radius 1 is 1.33 bits per heavy atom. The molecular formula is C15H22N2O4. The molecule has 0 heterocycles. The fourth-order valence-electron chi connectivity index (χ4n) is 1.96. The van der Waals surface area contributed by atoms with Crippen LogP contribution in [0.2, 0.25) is 0 Å². The van der Waals surface area contributed by atoms with Gasteiger partial charge in [-0.3, -0.25) is 9.69 Å². The Bertz CT molecular complexity index is 502. The Morgan fingerprint density at radius 2 is 2.00 bits per heavy atom. The van der Waals surface area contributed by atoms with E-state index in [-0.39, 0.29) is 18.5 Å². The Morgan fingerprint density at radius 3 is 2.52 bits per heavy atom.